The number of hydrogen-bond donors (Lipinski definition) is 1. The molecule has 1 saturated heterocycles. The topological polar surface area (TPSA) is 63.7 Å². The summed E-state index contributed by atoms with van der Waals surface area (Å²) < 4.78 is 51.6. The van der Waals surface area contributed by atoms with Crippen LogP contribution in [0.4, 0.5) is 29.5 Å². The van der Waals surface area contributed by atoms with Crippen LogP contribution in [0.2, 0.25) is 0 Å². The van der Waals surface area contributed by atoms with Gasteiger partial charge in [0.15, 0.2) is 5.82 Å². The average molecular weight is 409 g/mol. The van der Waals surface area contributed by atoms with E-state index in [1.54, 1.807) is 6.07 Å². The van der Waals surface area contributed by atoms with Crippen LogP contribution in [0.15, 0.2) is 36.5 Å². The van der Waals surface area contributed by atoms with Gasteiger partial charge in [-0.1, -0.05) is 13.3 Å². The van der Waals surface area contributed by atoms with Crippen LogP contribution in [0.1, 0.15) is 26.2 Å². The van der Waals surface area contributed by atoms with Gasteiger partial charge < -0.3 is 14.4 Å². The number of unbranched alkanes of at least 4 members (excludes halogenated alkanes) is 1. The number of hydrogen-bond acceptors (Lipinski definition) is 5. The highest BCUT2D eigenvalue weighted by Crippen LogP contribution is 2.32. The molecule has 0 radical (unpaired) electrons. The average Bonchev–Trinajstić information content (AvgIpc) is 3.04. The van der Waals surface area contributed by atoms with Gasteiger partial charge in [0.05, 0.1) is 18.8 Å². The Balaban J connectivity index is 1.63. The molecule has 2 aromatic rings. The molecule has 1 aromatic heterocycles. The van der Waals surface area contributed by atoms with Gasteiger partial charge in [-0.05, 0) is 24.6 Å². The first-order valence-electron chi connectivity index (χ1n) is 9.36. The fraction of sp³-hybridized carbons (Fsp3) is 0.400. The van der Waals surface area contributed by atoms with Crippen LogP contribution >= 0.6 is 0 Å². The number of alkyl halides is 2. The van der Waals surface area contributed by atoms with Gasteiger partial charge in [0.1, 0.15) is 17.3 Å². The van der Waals surface area contributed by atoms with E-state index in [0.29, 0.717) is 11.6 Å². The Kier molecular flexibility index (Phi) is 6.46. The second-order valence-electron chi connectivity index (χ2n) is 6.74. The van der Waals surface area contributed by atoms with Crippen LogP contribution in [0.25, 0.3) is 0 Å². The molecule has 0 unspecified atom stereocenters. The molecule has 0 atom stereocenters. The van der Waals surface area contributed by atoms with Crippen molar-refractivity contribution in [3.63, 3.8) is 0 Å². The maximum Gasteiger partial charge on any atom is 0.411 e. The van der Waals surface area contributed by atoms with Crippen molar-refractivity contribution in [2.24, 2.45) is 0 Å². The summed E-state index contributed by atoms with van der Waals surface area (Å²) in [5.41, 5.74) is -0.0337. The molecule has 29 heavy (non-hydrogen) atoms. The number of benzene rings is 1. The quantitative estimate of drug-likeness (QED) is 0.637. The van der Waals surface area contributed by atoms with E-state index in [1.807, 2.05) is 6.92 Å². The minimum Gasteiger partial charge on any atom is -0.457 e. The predicted octanol–water partition coefficient (Wildman–Crippen LogP) is 5.21. The van der Waals surface area contributed by atoms with Crippen LogP contribution in [0, 0.1) is 5.82 Å². The minimum atomic E-state index is -2.73. The number of amides is 1. The summed E-state index contributed by atoms with van der Waals surface area (Å²) in [7, 11) is 0. The number of aromatic nitrogens is 1. The van der Waals surface area contributed by atoms with E-state index in [0.717, 1.165) is 18.9 Å². The Morgan fingerprint density at radius 1 is 1.28 bits per heavy atom. The highest BCUT2D eigenvalue weighted by atomic mass is 19.3. The summed E-state index contributed by atoms with van der Waals surface area (Å²) >= 11 is 0. The molecule has 0 bridgehead atoms. The van der Waals surface area contributed by atoms with Crippen LogP contribution in [0.5, 0.6) is 11.5 Å². The highest BCUT2D eigenvalue weighted by molar-refractivity contribution is 5.84. The summed E-state index contributed by atoms with van der Waals surface area (Å²) in [6, 6.07) is 7.03. The lowest BCUT2D eigenvalue weighted by Gasteiger charge is -2.17. The van der Waals surface area contributed by atoms with Crippen molar-refractivity contribution >= 4 is 17.6 Å². The molecule has 1 aliphatic heterocycles. The fourth-order valence-corrected chi connectivity index (χ4v) is 2.82. The molecule has 9 heteroatoms. The van der Waals surface area contributed by atoms with Crippen molar-refractivity contribution in [3.8, 4) is 11.5 Å². The van der Waals surface area contributed by atoms with Crippen LogP contribution in [0.3, 0.4) is 0 Å². The van der Waals surface area contributed by atoms with Gasteiger partial charge in [-0.15, -0.1) is 0 Å². The first kappa shape index (κ1) is 20.8. The number of ether oxygens (including phenoxy) is 2. The smallest absolute Gasteiger partial charge is 0.411 e. The van der Waals surface area contributed by atoms with Crippen molar-refractivity contribution < 1.29 is 27.4 Å². The number of carbonyl (C=O) groups is 1. The zero-order chi connectivity index (χ0) is 20.9. The van der Waals surface area contributed by atoms with Crippen LogP contribution in [-0.2, 0) is 4.74 Å². The highest BCUT2D eigenvalue weighted by Gasteiger charge is 2.38. The zero-order valence-electron chi connectivity index (χ0n) is 16.0. The standard InChI is InChI=1S/C20H22F3N3O3/c1-2-3-10-28-19(27)25-17-5-4-14(11-16(17)21)29-15-6-8-24-18(12-15)26-9-7-20(22,23)13-26/h4-6,8,11-12H,2-3,7,9-10,13H2,1H3,(H,25,27). The second kappa shape index (κ2) is 9.02. The molecular weight excluding hydrogens is 387 g/mol. The van der Waals surface area contributed by atoms with E-state index >= 15 is 0 Å². The first-order chi connectivity index (χ1) is 13.9. The number of pyridine rings is 1. The molecule has 1 aromatic carbocycles. The van der Waals surface area contributed by atoms with Crippen molar-refractivity contribution in [3.05, 3.63) is 42.3 Å². The van der Waals surface area contributed by atoms with Gasteiger partial charge in [-0.2, -0.15) is 0 Å². The maximum absolute atomic E-state index is 14.3. The summed E-state index contributed by atoms with van der Waals surface area (Å²) in [4.78, 5) is 17.2. The van der Waals surface area contributed by atoms with Gasteiger partial charge in [-0.25, -0.2) is 22.9 Å². The number of nitrogens with zero attached hydrogens (tertiary/aromatic N) is 2. The predicted molar refractivity (Wildman–Crippen MR) is 102 cm³/mol. The van der Waals surface area contributed by atoms with Crippen LogP contribution in [-0.4, -0.2) is 36.7 Å². The molecule has 1 N–H and O–H groups in total. The molecule has 1 fully saturated rings. The van der Waals surface area contributed by atoms with E-state index in [9.17, 15) is 18.0 Å². The number of halogens is 3. The van der Waals surface area contributed by atoms with Crippen molar-refractivity contribution in [2.45, 2.75) is 32.1 Å². The van der Waals surface area contributed by atoms with Gasteiger partial charge in [0.2, 0.25) is 0 Å². The molecule has 3 rings (SSSR count). The molecule has 2 heterocycles. The third kappa shape index (κ3) is 5.75. The minimum absolute atomic E-state index is 0.0337. The molecule has 1 aliphatic rings. The van der Waals surface area contributed by atoms with Gasteiger partial charge >= 0.3 is 6.09 Å². The molecule has 1 amide bonds. The largest absolute Gasteiger partial charge is 0.457 e. The first-order valence-corrected chi connectivity index (χ1v) is 9.36. The normalized spacial score (nSPS) is 15.2. The fourth-order valence-electron chi connectivity index (χ4n) is 2.82. The number of anilines is 2. The van der Waals surface area contributed by atoms with E-state index in [1.165, 1.54) is 29.3 Å². The van der Waals surface area contributed by atoms with E-state index in [-0.39, 0.29) is 31.0 Å². The Morgan fingerprint density at radius 3 is 2.76 bits per heavy atom. The number of carbonyl (C=O) groups excluding carboxylic acids is 1. The number of nitrogens with one attached hydrogen (secondary N) is 1. The maximum atomic E-state index is 14.3. The van der Waals surface area contributed by atoms with E-state index in [2.05, 4.69) is 10.3 Å². The SMILES string of the molecule is CCCCOC(=O)Nc1ccc(Oc2ccnc(N3CCC(F)(F)C3)c2)cc1F. The molecule has 6 nitrogen and oxygen atoms in total. The van der Waals surface area contributed by atoms with Crippen LogP contribution < -0.4 is 15.0 Å². The lowest BCUT2D eigenvalue weighted by atomic mass is 10.3. The summed E-state index contributed by atoms with van der Waals surface area (Å²) in [5, 5.41) is 2.33. The van der Waals surface area contributed by atoms with Gasteiger partial charge in [0.25, 0.3) is 5.92 Å². The summed E-state index contributed by atoms with van der Waals surface area (Å²) in [6.07, 6.45) is 2.10. The molecule has 0 spiro atoms. The Hall–Kier alpha value is -2.97. The summed E-state index contributed by atoms with van der Waals surface area (Å²) in [6.45, 7) is 2.03. The van der Waals surface area contributed by atoms with Gasteiger partial charge in [0, 0.05) is 31.3 Å². The van der Waals surface area contributed by atoms with Crippen molar-refractivity contribution in [1.29, 1.82) is 0 Å². The Labute approximate surface area is 166 Å². The third-order valence-corrected chi connectivity index (χ3v) is 4.35. The molecular formula is C20H22F3N3O3. The monoisotopic (exact) mass is 409 g/mol. The Bertz CT molecular complexity index is 864. The second-order valence-corrected chi connectivity index (χ2v) is 6.74. The van der Waals surface area contributed by atoms with E-state index < -0.39 is 24.4 Å². The molecule has 156 valence electrons. The van der Waals surface area contributed by atoms with E-state index in [4.69, 9.17) is 9.47 Å². The Morgan fingerprint density at radius 2 is 2.07 bits per heavy atom. The lowest BCUT2D eigenvalue weighted by Crippen LogP contribution is -2.25. The zero-order valence-corrected chi connectivity index (χ0v) is 16.0. The molecule has 0 saturated carbocycles. The summed E-state index contributed by atoms with van der Waals surface area (Å²) in [5.74, 6) is -2.53. The van der Waals surface area contributed by atoms with Crippen molar-refractivity contribution in [2.75, 3.05) is 29.9 Å². The lowest BCUT2D eigenvalue weighted by molar-refractivity contribution is 0.0256. The van der Waals surface area contributed by atoms with Crippen molar-refractivity contribution in [1.82, 2.24) is 4.98 Å². The molecule has 0 aliphatic carbocycles. The third-order valence-electron chi connectivity index (χ3n) is 4.35. The van der Waals surface area contributed by atoms with Gasteiger partial charge in [-0.3, -0.25) is 5.32 Å². The number of rotatable bonds is 7.